The topological polar surface area (TPSA) is 24.9 Å². The Morgan fingerprint density at radius 3 is 2.62 bits per heavy atom. The fourth-order valence-corrected chi connectivity index (χ4v) is 2.01. The van der Waals surface area contributed by atoms with Gasteiger partial charge in [-0.2, -0.15) is 13.2 Å². The Balaban J connectivity index is 2.48. The molecular formula is C15H14F4N2. The second-order valence-corrected chi connectivity index (χ2v) is 4.51. The number of nitrogens with one attached hydrogen (secondary N) is 1. The van der Waals surface area contributed by atoms with Gasteiger partial charge in [0.1, 0.15) is 5.82 Å². The number of halogens is 4. The summed E-state index contributed by atoms with van der Waals surface area (Å²) in [6.07, 6.45) is -2.24. The van der Waals surface area contributed by atoms with Gasteiger partial charge in [-0.3, -0.25) is 4.98 Å². The van der Waals surface area contributed by atoms with E-state index < -0.39 is 17.6 Å². The first-order valence-electron chi connectivity index (χ1n) is 6.44. The number of hydrogen-bond donors (Lipinski definition) is 1. The van der Waals surface area contributed by atoms with Crippen LogP contribution in [-0.4, -0.2) is 11.5 Å². The van der Waals surface area contributed by atoms with E-state index in [1.54, 1.807) is 0 Å². The molecule has 0 amide bonds. The quantitative estimate of drug-likeness (QED) is 0.863. The van der Waals surface area contributed by atoms with E-state index in [1.807, 2.05) is 6.92 Å². The molecule has 0 aliphatic rings. The molecule has 1 heterocycles. The molecule has 2 nitrogen and oxygen atoms in total. The molecule has 2 aromatic rings. The molecule has 0 radical (unpaired) electrons. The first-order chi connectivity index (χ1) is 9.93. The van der Waals surface area contributed by atoms with E-state index in [4.69, 9.17) is 0 Å². The average Bonchev–Trinajstić information content (AvgIpc) is 2.45. The minimum Gasteiger partial charge on any atom is -0.313 e. The minimum absolute atomic E-state index is 0.0530. The maximum Gasteiger partial charge on any atom is 0.417 e. The number of nitrogens with zero attached hydrogens (tertiary/aromatic N) is 1. The van der Waals surface area contributed by atoms with Crippen LogP contribution in [0.1, 0.15) is 18.1 Å². The van der Waals surface area contributed by atoms with Crippen LogP contribution in [-0.2, 0) is 12.7 Å². The first-order valence-corrected chi connectivity index (χ1v) is 6.44. The summed E-state index contributed by atoms with van der Waals surface area (Å²) in [5.74, 6) is -0.447. The summed E-state index contributed by atoms with van der Waals surface area (Å²) >= 11 is 0. The van der Waals surface area contributed by atoms with Crippen molar-refractivity contribution >= 4 is 0 Å². The zero-order valence-corrected chi connectivity index (χ0v) is 11.3. The number of aromatic nitrogens is 1. The third-order valence-electron chi connectivity index (χ3n) is 3.05. The van der Waals surface area contributed by atoms with Crippen molar-refractivity contribution in [3.8, 4) is 11.1 Å². The highest BCUT2D eigenvalue weighted by Crippen LogP contribution is 2.36. The predicted molar refractivity (Wildman–Crippen MR) is 72.0 cm³/mol. The highest BCUT2D eigenvalue weighted by atomic mass is 19.4. The molecule has 1 N–H and O–H groups in total. The highest BCUT2D eigenvalue weighted by molar-refractivity contribution is 5.67. The van der Waals surface area contributed by atoms with E-state index in [0.717, 1.165) is 18.5 Å². The highest BCUT2D eigenvalue weighted by Gasteiger charge is 2.33. The summed E-state index contributed by atoms with van der Waals surface area (Å²) < 4.78 is 52.7. The first kappa shape index (κ1) is 15.4. The molecule has 0 atom stereocenters. The van der Waals surface area contributed by atoms with Crippen molar-refractivity contribution in [2.75, 3.05) is 6.54 Å². The molecule has 112 valence electrons. The Kier molecular flexibility index (Phi) is 4.57. The second-order valence-electron chi connectivity index (χ2n) is 4.51. The van der Waals surface area contributed by atoms with Gasteiger partial charge in [-0.1, -0.05) is 13.0 Å². The largest absolute Gasteiger partial charge is 0.417 e. The Morgan fingerprint density at radius 2 is 1.95 bits per heavy atom. The summed E-state index contributed by atoms with van der Waals surface area (Å²) in [6, 6.07) is 4.85. The fraction of sp³-hybridized carbons (Fsp3) is 0.267. The summed E-state index contributed by atoms with van der Waals surface area (Å²) in [5, 5.41) is 2.95. The molecule has 1 aromatic carbocycles. The van der Waals surface area contributed by atoms with Gasteiger partial charge in [0.15, 0.2) is 0 Å². The van der Waals surface area contributed by atoms with Crippen LogP contribution in [0.5, 0.6) is 0 Å². The normalized spacial score (nSPS) is 11.7. The minimum atomic E-state index is -4.48. The van der Waals surface area contributed by atoms with Gasteiger partial charge in [0.05, 0.1) is 5.56 Å². The lowest BCUT2D eigenvalue weighted by Gasteiger charge is -2.13. The molecule has 0 bridgehead atoms. The third-order valence-corrected chi connectivity index (χ3v) is 3.05. The molecule has 0 aliphatic carbocycles. The van der Waals surface area contributed by atoms with Crippen molar-refractivity contribution in [1.82, 2.24) is 10.3 Å². The van der Waals surface area contributed by atoms with Crippen LogP contribution >= 0.6 is 0 Å². The van der Waals surface area contributed by atoms with Crippen LogP contribution in [0.15, 0.2) is 36.7 Å². The summed E-state index contributed by atoms with van der Waals surface area (Å²) in [5.41, 5.74) is -0.211. The number of alkyl halides is 3. The van der Waals surface area contributed by atoms with Gasteiger partial charge in [-0.25, -0.2) is 4.39 Å². The van der Waals surface area contributed by atoms with E-state index in [9.17, 15) is 17.6 Å². The summed E-state index contributed by atoms with van der Waals surface area (Å²) in [6.45, 7) is 2.77. The predicted octanol–water partition coefficient (Wildman–Crippen LogP) is 4.02. The summed E-state index contributed by atoms with van der Waals surface area (Å²) in [7, 11) is 0. The Bertz CT molecular complexity index is 623. The second kappa shape index (κ2) is 6.22. The maximum absolute atomic E-state index is 13.7. The molecule has 0 saturated heterocycles. The SMILES string of the molecule is CCNCc1cc(-c2cnccc2C(F)(F)F)ccc1F. The third kappa shape index (κ3) is 3.58. The zero-order chi connectivity index (χ0) is 15.5. The van der Waals surface area contributed by atoms with Crippen LogP contribution in [0.2, 0.25) is 0 Å². The van der Waals surface area contributed by atoms with Crippen molar-refractivity contribution in [2.45, 2.75) is 19.6 Å². The Morgan fingerprint density at radius 1 is 1.19 bits per heavy atom. The number of rotatable bonds is 4. The monoisotopic (exact) mass is 298 g/mol. The molecule has 0 fully saturated rings. The van der Waals surface area contributed by atoms with Crippen molar-refractivity contribution < 1.29 is 17.6 Å². The standard InChI is InChI=1S/C15H14F4N2/c1-2-20-8-11-7-10(3-4-14(11)16)12-9-21-6-5-13(12)15(17,18)19/h3-7,9,20H,2,8H2,1H3. The van der Waals surface area contributed by atoms with Crippen molar-refractivity contribution in [2.24, 2.45) is 0 Å². The molecule has 0 unspecified atom stereocenters. The van der Waals surface area contributed by atoms with E-state index in [2.05, 4.69) is 10.3 Å². The van der Waals surface area contributed by atoms with Crippen LogP contribution < -0.4 is 5.32 Å². The van der Waals surface area contributed by atoms with Gasteiger partial charge in [0, 0.05) is 30.1 Å². The van der Waals surface area contributed by atoms with Crippen LogP contribution in [0.4, 0.5) is 17.6 Å². The lowest BCUT2D eigenvalue weighted by atomic mass is 9.99. The average molecular weight is 298 g/mol. The van der Waals surface area contributed by atoms with Crippen molar-refractivity contribution in [3.05, 3.63) is 53.6 Å². The zero-order valence-electron chi connectivity index (χ0n) is 11.3. The van der Waals surface area contributed by atoms with Gasteiger partial charge < -0.3 is 5.32 Å². The number of benzene rings is 1. The van der Waals surface area contributed by atoms with Gasteiger partial charge in [-0.05, 0) is 30.3 Å². The van der Waals surface area contributed by atoms with Crippen LogP contribution in [0.25, 0.3) is 11.1 Å². The van der Waals surface area contributed by atoms with E-state index >= 15 is 0 Å². The molecule has 21 heavy (non-hydrogen) atoms. The molecule has 1 aromatic heterocycles. The van der Waals surface area contributed by atoms with Crippen LogP contribution in [0.3, 0.4) is 0 Å². The molecular weight excluding hydrogens is 284 g/mol. The van der Waals surface area contributed by atoms with Gasteiger partial charge in [0.2, 0.25) is 0 Å². The number of pyridine rings is 1. The summed E-state index contributed by atoms with van der Waals surface area (Å²) in [4.78, 5) is 3.74. The fourth-order valence-electron chi connectivity index (χ4n) is 2.01. The van der Waals surface area contributed by atoms with E-state index in [0.29, 0.717) is 17.7 Å². The molecule has 6 heteroatoms. The van der Waals surface area contributed by atoms with Crippen molar-refractivity contribution in [1.29, 1.82) is 0 Å². The molecule has 0 spiro atoms. The van der Waals surface area contributed by atoms with Gasteiger partial charge in [0.25, 0.3) is 0 Å². The lowest BCUT2D eigenvalue weighted by molar-refractivity contribution is -0.137. The molecule has 0 saturated carbocycles. The Labute approximate surface area is 119 Å². The van der Waals surface area contributed by atoms with Gasteiger partial charge in [-0.15, -0.1) is 0 Å². The maximum atomic E-state index is 13.7. The van der Waals surface area contributed by atoms with E-state index in [-0.39, 0.29) is 12.1 Å². The lowest BCUT2D eigenvalue weighted by Crippen LogP contribution is -2.13. The van der Waals surface area contributed by atoms with Crippen molar-refractivity contribution in [3.63, 3.8) is 0 Å². The molecule has 2 rings (SSSR count). The Hall–Kier alpha value is -1.95. The molecule has 0 aliphatic heterocycles. The van der Waals surface area contributed by atoms with Crippen LogP contribution in [0, 0.1) is 5.82 Å². The van der Waals surface area contributed by atoms with Gasteiger partial charge >= 0.3 is 6.18 Å². The smallest absolute Gasteiger partial charge is 0.313 e. The number of hydrogen-bond acceptors (Lipinski definition) is 2. The van der Waals surface area contributed by atoms with E-state index in [1.165, 1.54) is 18.2 Å².